The van der Waals surface area contributed by atoms with Crippen LogP contribution in [0.3, 0.4) is 0 Å². The molecule has 0 N–H and O–H groups in total. The largest absolute Gasteiger partial charge is 0.458 e. The van der Waals surface area contributed by atoms with Gasteiger partial charge in [-0.1, -0.05) is 42.2 Å². The average molecular weight is 300 g/mol. The van der Waals surface area contributed by atoms with Gasteiger partial charge in [0.2, 0.25) is 0 Å². The van der Waals surface area contributed by atoms with Crippen molar-refractivity contribution >= 4 is 29.1 Å². The quantitative estimate of drug-likeness (QED) is 0.529. The van der Waals surface area contributed by atoms with Gasteiger partial charge in [0.25, 0.3) is 5.56 Å². The summed E-state index contributed by atoms with van der Waals surface area (Å²) in [6, 6.07) is 7.66. The van der Waals surface area contributed by atoms with Gasteiger partial charge < -0.3 is 4.74 Å². The Morgan fingerprint density at radius 3 is 3.10 bits per heavy atom. The van der Waals surface area contributed by atoms with E-state index < -0.39 is 5.97 Å². The number of fused-ring (bicyclic) bond motifs is 2. The monoisotopic (exact) mass is 300 g/mol. The van der Waals surface area contributed by atoms with E-state index in [2.05, 4.69) is 11.6 Å². The Balaban J connectivity index is 2.06. The van der Waals surface area contributed by atoms with Crippen molar-refractivity contribution in [2.24, 2.45) is 4.99 Å². The lowest BCUT2D eigenvalue weighted by atomic mass is 10.1. The summed E-state index contributed by atoms with van der Waals surface area (Å²) in [6.45, 7) is 4.06. The fraction of sp³-hybridized carbons (Fsp3) is 0.133. The van der Waals surface area contributed by atoms with E-state index in [0.29, 0.717) is 15.9 Å². The van der Waals surface area contributed by atoms with Crippen LogP contribution in [0.5, 0.6) is 0 Å². The van der Waals surface area contributed by atoms with Crippen molar-refractivity contribution in [2.45, 2.75) is 6.54 Å². The maximum absolute atomic E-state index is 12.3. The second-order valence-electron chi connectivity index (χ2n) is 4.44. The van der Waals surface area contributed by atoms with Crippen LogP contribution in [0, 0.1) is 0 Å². The molecule has 2 aromatic rings. The second kappa shape index (κ2) is 5.49. The summed E-state index contributed by atoms with van der Waals surface area (Å²) < 4.78 is 6.76. The number of hydrogen-bond acceptors (Lipinski definition) is 5. The van der Waals surface area contributed by atoms with E-state index in [1.807, 2.05) is 24.3 Å². The highest BCUT2D eigenvalue weighted by molar-refractivity contribution is 7.07. The maximum Gasteiger partial charge on any atom is 0.332 e. The molecule has 106 valence electrons. The number of nitrogens with zero attached hydrogens (tertiary/aromatic N) is 2. The lowest BCUT2D eigenvalue weighted by molar-refractivity contribution is -0.134. The minimum absolute atomic E-state index is 0.123. The minimum Gasteiger partial charge on any atom is -0.458 e. The van der Waals surface area contributed by atoms with Gasteiger partial charge in [-0.25, -0.2) is 9.79 Å². The molecule has 5 nitrogen and oxygen atoms in total. The number of benzene rings is 1. The van der Waals surface area contributed by atoms with Crippen LogP contribution in [0.15, 0.2) is 46.7 Å². The van der Waals surface area contributed by atoms with E-state index in [0.717, 1.165) is 11.3 Å². The number of thiazole rings is 1. The molecule has 0 saturated carbocycles. The molecule has 0 spiro atoms. The topological polar surface area (TPSA) is 60.7 Å². The molecule has 21 heavy (non-hydrogen) atoms. The van der Waals surface area contributed by atoms with Crippen molar-refractivity contribution in [3.63, 3.8) is 0 Å². The number of esters is 1. The average Bonchev–Trinajstić information content (AvgIpc) is 2.79. The molecule has 0 saturated heterocycles. The van der Waals surface area contributed by atoms with Crippen LogP contribution in [0.2, 0.25) is 0 Å². The lowest BCUT2D eigenvalue weighted by Crippen LogP contribution is -2.33. The highest BCUT2D eigenvalue weighted by Gasteiger charge is 2.14. The molecule has 6 heteroatoms. The Morgan fingerprint density at radius 2 is 2.29 bits per heavy atom. The smallest absolute Gasteiger partial charge is 0.332 e. The first-order valence-corrected chi connectivity index (χ1v) is 7.16. The van der Waals surface area contributed by atoms with Gasteiger partial charge in [0.05, 0.1) is 12.2 Å². The van der Waals surface area contributed by atoms with Crippen molar-refractivity contribution in [3.05, 3.63) is 62.2 Å². The van der Waals surface area contributed by atoms with E-state index in [-0.39, 0.29) is 12.2 Å². The van der Waals surface area contributed by atoms with E-state index in [9.17, 15) is 9.59 Å². The number of carbonyl (C=O) groups excluding carboxylic acids is 1. The van der Waals surface area contributed by atoms with Gasteiger partial charge in [-0.05, 0) is 11.6 Å². The fourth-order valence-corrected chi connectivity index (χ4v) is 3.00. The first kappa shape index (κ1) is 13.5. The highest BCUT2D eigenvalue weighted by Crippen LogP contribution is 2.20. The third-order valence-corrected chi connectivity index (χ3v) is 4.02. The Bertz CT molecular complexity index is 892. The van der Waals surface area contributed by atoms with Crippen LogP contribution in [-0.4, -0.2) is 17.1 Å². The Kier molecular flexibility index (Phi) is 3.53. The maximum atomic E-state index is 12.3. The van der Waals surface area contributed by atoms with Gasteiger partial charge in [-0.15, -0.1) is 0 Å². The number of ether oxygens (including phenoxy) is 1. The molecular weight excluding hydrogens is 288 g/mol. The summed E-state index contributed by atoms with van der Waals surface area (Å²) in [5, 5.41) is 0. The van der Waals surface area contributed by atoms with Crippen molar-refractivity contribution in [3.8, 4) is 0 Å². The highest BCUT2D eigenvalue weighted by atomic mass is 32.1. The first-order valence-electron chi connectivity index (χ1n) is 6.34. The first-order chi connectivity index (χ1) is 10.2. The Labute approximate surface area is 124 Å². The third kappa shape index (κ3) is 2.57. The molecule has 1 aromatic heterocycles. The predicted molar refractivity (Wildman–Crippen MR) is 80.2 cm³/mol. The molecular formula is C15H12N2O3S. The summed E-state index contributed by atoms with van der Waals surface area (Å²) in [4.78, 5) is 28.9. The van der Waals surface area contributed by atoms with Crippen LogP contribution in [0.4, 0.5) is 5.69 Å². The van der Waals surface area contributed by atoms with Gasteiger partial charge >= 0.3 is 5.97 Å². The van der Waals surface area contributed by atoms with Crippen molar-refractivity contribution in [1.82, 2.24) is 4.57 Å². The third-order valence-electron chi connectivity index (χ3n) is 3.02. The van der Waals surface area contributed by atoms with Crippen LogP contribution in [0.1, 0.15) is 5.56 Å². The second-order valence-corrected chi connectivity index (χ2v) is 5.45. The normalized spacial score (nSPS) is 13.0. The van der Waals surface area contributed by atoms with Crippen molar-refractivity contribution in [2.75, 3.05) is 6.61 Å². The van der Waals surface area contributed by atoms with Gasteiger partial charge in [-0.2, -0.15) is 0 Å². The molecule has 3 rings (SSSR count). The summed E-state index contributed by atoms with van der Waals surface area (Å²) in [5.74, 6) is -0.552. The molecule has 1 aliphatic rings. The molecule has 0 fully saturated rings. The predicted octanol–water partition coefficient (Wildman–Crippen LogP) is 0.732. The Morgan fingerprint density at radius 1 is 1.48 bits per heavy atom. The summed E-state index contributed by atoms with van der Waals surface area (Å²) in [6.07, 6.45) is 2.69. The number of carbonyl (C=O) groups is 1. The fourth-order valence-electron chi connectivity index (χ4n) is 2.05. The van der Waals surface area contributed by atoms with E-state index >= 15 is 0 Å². The van der Waals surface area contributed by atoms with E-state index in [1.165, 1.54) is 23.5 Å². The van der Waals surface area contributed by atoms with E-state index in [1.54, 1.807) is 4.57 Å². The summed E-state index contributed by atoms with van der Waals surface area (Å²) in [7, 11) is 0. The molecule has 0 radical (unpaired) electrons. The summed E-state index contributed by atoms with van der Waals surface area (Å²) in [5.41, 5.74) is 1.63. The summed E-state index contributed by atoms with van der Waals surface area (Å²) >= 11 is 1.19. The number of rotatable bonds is 3. The molecule has 0 amide bonds. The number of para-hydroxylation sites is 1. The number of aromatic nitrogens is 1. The van der Waals surface area contributed by atoms with Gasteiger partial charge in [0.15, 0.2) is 4.80 Å². The SMILES string of the molecule is C=CCOC(=O)/C=c1/sc2n(c1=O)Cc1ccccc1N=2. The van der Waals surface area contributed by atoms with Gasteiger partial charge in [-0.3, -0.25) is 9.36 Å². The molecule has 1 aromatic carbocycles. The van der Waals surface area contributed by atoms with Crippen molar-refractivity contribution < 1.29 is 9.53 Å². The van der Waals surface area contributed by atoms with Gasteiger partial charge in [0, 0.05) is 6.08 Å². The van der Waals surface area contributed by atoms with Crippen LogP contribution < -0.4 is 14.9 Å². The molecule has 0 bridgehead atoms. The molecule has 0 atom stereocenters. The van der Waals surface area contributed by atoms with Crippen molar-refractivity contribution in [1.29, 1.82) is 0 Å². The molecule has 1 aliphatic heterocycles. The zero-order valence-corrected chi connectivity index (χ0v) is 11.9. The molecule has 2 heterocycles. The van der Waals surface area contributed by atoms with Crippen LogP contribution in [0.25, 0.3) is 6.08 Å². The minimum atomic E-state index is -0.552. The standard InChI is InChI=1S/C15H12N2O3S/c1-2-7-20-13(18)8-12-14(19)17-9-10-5-3-4-6-11(10)16-15(17)21-12/h2-6,8H,1,7,9H2/b12-8+. The van der Waals surface area contributed by atoms with Crippen LogP contribution >= 0.6 is 11.3 Å². The van der Waals surface area contributed by atoms with Gasteiger partial charge in [0.1, 0.15) is 11.1 Å². The van der Waals surface area contributed by atoms with Crippen LogP contribution in [-0.2, 0) is 16.1 Å². The molecule has 0 aliphatic carbocycles. The Hall–Kier alpha value is -2.47. The number of hydrogen-bond donors (Lipinski definition) is 0. The van der Waals surface area contributed by atoms with E-state index in [4.69, 9.17) is 4.74 Å². The lowest BCUT2D eigenvalue weighted by Gasteiger charge is -2.10. The zero-order valence-electron chi connectivity index (χ0n) is 11.1. The molecule has 0 unspecified atom stereocenters. The zero-order chi connectivity index (χ0) is 14.8.